The van der Waals surface area contributed by atoms with Gasteiger partial charge in [0.25, 0.3) is 0 Å². The molecule has 0 aromatic heterocycles. The molecule has 0 aliphatic heterocycles. The third kappa shape index (κ3) is 7.34. The third-order valence-corrected chi connectivity index (χ3v) is 2.38. The Bertz CT molecular complexity index is 115. The van der Waals surface area contributed by atoms with Gasteiger partial charge in [0.15, 0.2) is 0 Å². The van der Waals surface area contributed by atoms with Gasteiger partial charge in [0.2, 0.25) is 0 Å². The summed E-state index contributed by atoms with van der Waals surface area (Å²) in [5, 5.41) is 3.57. The lowest BCUT2D eigenvalue weighted by Gasteiger charge is -2.22. The van der Waals surface area contributed by atoms with Gasteiger partial charge < -0.3 is 10.1 Å². The Labute approximate surface area is 89.4 Å². The Hall–Kier alpha value is -0.0800. The average molecular weight is 201 g/mol. The van der Waals surface area contributed by atoms with Crippen molar-refractivity contribution in [2.75, 3.05) is 19.8 Å². The van der Waals surface area contributed by atoms with Crippen molar-refractivity contribution in [3.63, 3.8) is 0 Å². The Balaban J connectivity index is 3.52. The van der Waals surface area contributed by atoms with E-state index in [1.165, 1.54) is 6.42 Å². The van der Waals surface area contributed by atoms with Crippen LogP contribution < -0.4 is 5.32 Å². The molecular formula is C12H27NO. The zero-order chi connectivity index (χ0) is 10.8. The summed E-state index contributed by atoms with van der Waals surface area (Å²) in [6.07, 6.45) is 3.46. The molecule has 1 atom stereocenters. The lowest BCUT2D eigenvalue weighted by molar-refractivity contribution is 0.119. The van der Waals surface area contributed by atoms with E-state index in [1.807, 2.05) is 0 Å². The maximum atomic E-state index is 5.50. The molecule has 0 aromatic rings. The summed E-state index contributed by atoms with van der Waals surface area (Å²) in [7, 11) is 0. The van der Waals surface area contributed by atoms with E-state index in [0.717, 1.165) is 32.6 Å². The van der Waals surface area contributed by atoms with Crippen molar-refractivity contribution in [3.05, 3.63) is 0 Å². The summed E-state index contributed by atoms with van der Waals surface area (Å²) in [6.45, 7) is 11.8. The lowest BCUT2D eigenvalue weighted by atomic mass is 10.0. The van der Waals surface area contributed by atoms with Crippen LogP contribution in [0.25, 0.3) is 0 Å². The van der Waals surface area contributed by atoms with E-state index >= 15 is 0 Å². The first-order valence-corrected chi connectivity index (χ1v) is 6.03. The fourth-order valence-corrected chi connectivity index (χ4v) is 1.46. The van der Waals surface area contributed by atoms with Crippen LogP contribution in [0.4, 0.5) is 0 Å². The van der Waals surface area contributed by atoms with E-state index in [4.69, 9.17) is 4.74 Å². The van der Waals surface area contributed by atoms with Crippen molar-refractivity contribution in [1.29, 1.82) is 0 Å². The van der Waals surface area contributed by atoms with E-state index in [2.05, 4.69) is 33.0 Å². The highest BCUT2D eigenvalue weighted by Crippen LogP contribution is 2.06. The molecule has 0 aromatic carbocycles. The number of rotatable bonds is 9. The topological polar surface area (TPSA) is 21.3 Å². The first-order chi connectivity index (χ1) is 6.72. The van der Waals surface area contributed by atoms with E-state index in [1.54, 1.807) is 0 Å². The van der Waals surface area contributed by atoms with E-state index in [-0.39, 0.29) is 0 Å². The maximum absolute atomic E-state index is 5.50. The Morgan fingerprint density at radius 2 is 1.79 bits per heavy atom. The van der Waals surface area contributed by atoms with Crippen LogP contribution in [0, 0.1) is 5.92 Å². The second-order valence-electron chi connectivity index (χ2n) is 4.21. The van der Waals surface area contributed by atoms with Crippen molar-refractivity contribution in [1.82, 2.24) is 5.32 Å². The van der Waals surface area contributed by atoms with Crippen LogP contribution in [0.15, 0.2) is 0 Å². The molecule has 0 saturated heterocycles. The second-order valence-corrected chi connectivity index (χ2v) is 4.21. The molecule has 0 fully saturated rings. The molecule has 0 spiro atoms. The van der Waals surface area contributed by atoms with Crippen LogP contribution >= 0.6 is 0 Å². The van der Waals surface area contributed by atoms with Gasteiger partial charge in [-0.15, -0.1) is 0 Å². The van der Waals surface area contributed by atoms with Crippen molar-refractivity contribution < 1.29 is 4.74 Å². The van der Waals surface area contributed by atoms with Gasteiger partial charge in [0.1, 0.15) is 0 Å². The predicted molar refractivity (Wildman–Crippen MR) is 62.6 cm³/mol. The molecule has 1 unspecified atom stereocenters. The summed E-state index contributed by atoms with van der Waals surface area (Å²) in [6, 6.07) is 0.617. The molecule has 0 bridgehead atoms. The highest BCUT2D eigenvalue weighted by Gasteiger charge is 2.11. The van der Waals surface area contributed by atoms with E-state index < -0.39 is 0 Å². The third-order valence-electron chi connectivity index (χ3n) is 2.38. The molecular weight excluding hydrogens is 174 g/mol. The minimum Gasteiger partial charge on any atom is -0.381 e. The first-order valence-electron chi connectivity index (χ1n) is 6.03. The molecule has 0 aliphatic rings. The van der Waals surface area contributed by atoms with Crippen molar-refractivity contribution in [2.24, 2.45) is 5.92 Å². The van der Waals surface area contributed by atoms with Crippen molar-refractivity contribution in [3.8, 4) is 0 Å². The number of hydrogen-bond acceptors (Lipinski definition) is 2. The smallest absolute Gasteiger partial charge is 0.0480 e. The van der Waals surface area contributed by atoms with Gasteiger partial charge in [-0.1, -0.05) is 27.7 Å². The fraction of sp³-hybridized carbons (Fsp3) is 1.00. The summed E-state index contributed by atoms with van der Waals surface area (Å²) in [5.74, 6) is 0.701. The highest BCUT2D eigenvalue weighted by atomic mass is 16.5. The zero-order valence-corrected chi connectivity index (χ0v) is 10.3. The van der Waals surface area contributed by atoms with Gasteiger partial charge in [0.05, 0.1) is 0 Å². The molecule has 0 radical (unpaired) electrons. The number of hydrogen-bond donors (Lipinski definition) is 1. The molecule has 0 amide bonds. The van der Waals surface area contributed by atoms with Crippen LogP contribution in [-0.4, -0.2) is 25.8 Å². The Morgan fingerprint density at radius 1 is 1.07 bits per heavy atom. The van der Waals surface area contributed by atoms with Gasteiger partial charge in [-0.2, -0.15) is 0 Å². The monoisotopic (exact) mass is 201 g/mol. The van der Waals surface area contributed by atoms with Crippen molar-refractivity contribution in [2.45, 2.75) is 53.0 Å². The number of nitrogens with one attached hydrogen (secondary N) is 1. The second kappa shape index (κ2) is 9.47. The first kappa shape index (κ1) is 13.9. The molecule has 0 aliphatic carbocycles. The quantitative estimate of drug-likeness (QED) is 0.579. The van der Waals surface area contributed by atoms with Gasteiger partial charge in [-0.05, 0) is 31.7 Å². The lowest BCUT2D eigenvalue weighted by Crippen LogP contribution is -2.35. The number of ether oxygens (including phenoxy) is 1. The molecule has 2 nitrogen and oxygen atoms in total. The van der Waals surface area contributed by atoms with Crippen LogP contribution in [0.1, 0.15) is 47.0 Å². The Kier molecular flexibility index (Phi) is 9.42. The minimum atomic E-state index is 0.617. The standard InChI is InChI=1S/C12H27NO/c1-5-8-13-12(11(3)4)7-10-14-9-6-2/h11-13H,5-10H2,1-4H3. The van der Waals surface area contributed by atoms with Crippen LogP contribution in [0.5, 0.6) is 0 Å². The van der Waals surface area contributed by atoms with Gasteiger partial charge in [0, 0.05) is 19.3 Å². The Morgan fingerprint density at radius 3 is 2.29 bits per heavy atom. The summed E-state index contributed by atoms with van der Waals surface area (Å²) in [5.41, 5.74) is 0. The van der Waals surface area contributed by atoms with Crippen LogP contribution in [0.2, 0.25) is 0 Å². The highest BCUT2D eigenvalue weighted by molar-refractivity contribution is 4.69. The molecule has 1 N–H and O–H groups in total. The molecule has 0 saturated carbocycles. The maximum Gasteiger partial charge on any atom is 0.0480 e. The summed E-state index contributed by atoms with van der Waals surface area (Å²) >= 11 is 0. The molecule has 0 rings (SSSR count). The van der Waals surface area contributed by atoms with Crippen LogP contribution in [-0.2, 0) is 4.74 Å². The van der Waals surface area contributed by atoms with E-state index in [0.29, 0.717) is 12.0 Å². The molecule has 2 heteroatoms. The van der Waals surface area contributed by atoms with Gasteiger partial charge in [-0.3, -0.25) is 0 Å². The zero-order valence-electron chi connectivity index (χ0n) is 10.3. The molecule has 0 heterocycles. The average Bonchev–Trinajstić information content (AvgIpc) is 2.16. The normalized spacial score (nSPS) is 13.5. The van der Waals surface area contributed by atoms with Gasteiger partial charge in [-0.25, -0.2) is 0 Å². The fourth-order valence-electron chi connectivity index (χ4n) is 1.46. The largest absolute Gasteiger partial charge is 0.381 e. The SMILES string of the molecule is CCCNC(CCOCCC)C(C)C. The summed E-state index contributed by atoms with van der Waals surface area (Å²) in [4.78, 5) is 0. The predicted octanol–water partition coefficient (Wildman–Crippen LogP) is 2.83. The molecule has 86 valence electrons. The molecule has 14 heavy (non-hydrogen) atoms. The van der Waals surface area contributed by atoms with Crippen LogP contribution in [0.3, 0.4) is 0 Å². The van der Waals surface area contributed by atoms with Crippen molar-refractivity contribution >= 4 is 0 Å². The minimum absolute atomic E-state index is 0.617. The summed E-state index contributed by atoms with van der Waals surface area (Å²) < 4.78 is 5.50. The van der Waals surface area contributed by atoms with Gasteiger partial charge >= 0.3 is 0 Å². The van der Waals surface area contributed by atoms with E-state index in [9.17, 15) is 0 Å².